The van der Waals surface area contributed by atoms with Crippen molar-refractivity contribution in [1.82, 2.24) is 5.32 Å². The van der Waals surface area contributed by atoms with E-state index >= 15 is 0 Å². The van der Waals surface area contributed by atoms with Gasteiger partial charge in [0.15, 0.2) is 0 Å². The average Bonchev–Trinajstić information content (AvgIpc) is 2.75. The van der Waals surface area contributed by atoms with Crippen molar-refractivity contribution in [2.24, 2.45) is 0 Å². The number of carbonyl (C=O) groups is 1. The number of nitro benzene ring substituents is 1. The fraction of sp³-hybridized carbons (Fsp3) is 0.417. The van der Waals surface area contributed by atoms with E-state index in [0.717, 1.165) is 6.07 Å². The third-order valence-electron chi connectivity index (χ3n) is 3.09. The number of hydrogen-bond acceptors (Lipinski definition) is 5. The smallest absolute Gasteiger partial charge is 0.311 e. The van der Waals surface area contributed by atoms with Gasteiger partial charge in [0.1, 0.15) is 0 Å². The van der Waals surface area contributed by atoms with E-state index in [1.807, 2.05) is 6.92 Å². The Morgan fingerprint density at radius 3 is 2.89 bits per heavy atom. The minimum absolute atomic E-state index is 0.109. The summed E-state index contributed by atoms with van der Waals surface area (Å²) in [5, 5.41) is 23.2. The van der Waals surface area contributed by atoms with Crippen molar-refractivity contribution in [3.8, 4) is 5.75 Å². The van der Waals surface area contributed by atoms with Gasteiger partial charge < -0.3 is 15.2 Å². The summed E-state index contributed by atoms with van der Waals surface area (Å²) in [4.78, 5) is 22.0. The summed E-state index contributed by atoms with van der Waals surface area (Å²) in [6, 6.07) is 3.85. The second-order valence-corrected chi connectivity index (χ2v) is 4.75. The number of phenolic OH excluding ortho intramolecular Hbond substituents is 1. The lowest BCUT2D eigenvalue weighted by molar-refractivity contribution is -0.385. The van der Waals surface area contributed by atoms with Crippen molar-refractivity contribution in [3.63, 3.8) is 0 Å². The molecule has 0 aliphatic carbocycles. The molecule has 0 bridgehead atoms. The molecule has 0 aromatic heterocycles. The van der Waals surface area contributed by atoms with E-state index in [2.05, 4.69) is 5.32 Å². The zero-order chi connectivity index (χ0) is 14.0. The molecule has 1 aromatic rings. The number of nitro groups is 1. The molecule has 1 heterocycles. The normalized spacial score (nSPS) is 22.2. The van der Waals surface area contributed by atoms with Crippen LogP contribution in [-0.2, 0) is 4.74 Å². The first-order valence-electron chi connectivity index (χ1n) is 5.79. The predicted molar refractivity (Wildman–Crippen MR) is 66.1 cm³/mol. The van der Waals surface area contributed by atoms with Crippen LogP contribution in [0.2, 0.25) is 0 Å². The second-order valence-electron chi connectivity index (χ2n) is 4.75. The minimum Gasteiger partial charge on any atom is -0.502 e. The molecule has 7 nitrogen and oxygen atoms in total. The molecule has 1 amide bonds. The Balaban J connectivity index is 2.24. The number of aromatic hydroxyl groups is 1. The van der Waals surface area contributed by atoms with Gasteiger partial charge in [-0.25, -0.2) is 0 Å². The van der Waals surface area contributed by atoms with Crippen molar-refractivity contribution in [2.75, 3.05) is 13.2 Å². The highest BCUT2D eigenvalue weighted by Crippen LogP contribution is 2.30. The van der Waals surface area contributed by atoms with Gasteiger partial charge in [-0.2, -0.15) is 0 Å². The highest BCUT2D eigenvalue weighted by molar-refractivity contribution is 5.98. The standard InChI is InChI=1S/C12H14N2O5/c1-12(5-6-19-7-12)13-11(16)8-3-2-4-9(10(8)15)14(17)18/h2-4,15H,5-7H2,1H3,(H,13,16)/t12-/m0/s1. The van der Waals surface area contributed by atoms with Crippen LogP contribution in [0.3, 0.4) is 0 Å². The van der Waals surface area contributed by atoms with Crippen LogP contribution in [-0.4, -0.2) is 34.7 Å². The molecule has 1 fully saturated rings. The van der Waals surface area contributed by atoms with Crippen LogP contribution >= 0.6 is 0 Å². The van der Waals surface area contributed by atoms with E-state index in [1.165, 1.54) is 12.1 Å². The first kappa shape index (κ1) is 13.3. The zero-order valence-electron chi connectivity index (χ0n) is 10.4. The zero-order valence-corrected chi connectivity index (χ0v) is 10.4. The molecule has 2 N–H and O–H groups in total. The van der Waals surface area contributed by atoms with Crippen molar-refractivity contribution in [3.05, 3.63) is 33.9 Å². The molecular weight excluding hydrogens is 252 g/mol. The lowest BCUT2D eigenvalue weighted by Gasteiger charge is -2.23. The first-order chi connectivity index (χ1) is 8.93. The van der Waals surface area contributed by atoms with Gasteiger partial charge >= 0.3 is 5.69 Å². The van der Waals surface area contributed by atoms with Crippen molar-refractivity contribution in [2.45, 2.75) is 18.9 Å². The number of ether oxygens (including phenoxy) is 1. The summed E-state index contributed by atoms with van der Waals surface area (Å²) < 4.78 is 5.20. The molecule has 0 saturated carbocycles. The Morgan fingerprint density at radius 1 is 1.58 bits per heavy atom. The van der Waals surface area contributed by atoms with E-state index in [-0.39, 0.29) is 5.56 Å². The molecule has 1 saturated heterocycles. The summed E-state index contributed by atoms with van der Waals surface area (Å²) in [7, 11) is 0. The van der Waals surface area contributed by atoms with Gasteiger partial charge in [-0.15, -0.1) is 0 Å². The van der Waals surface area contributed by atoms with Crippen molar-refractivity contribution in [1.29, 1.82) is 0 Å². The van der Waals surface area contributed by atoms with Crippen LogP contribution in [0.15, 0.2) is 18.2 Å². The third kappa shape index (κ3) is 2.65. The van der Waals surface area contributed by atoms with E-state index in [0.29, 0.717) is 19.6 Å². The number of nitrogens with zero attached hydrogens (tertiary/aromatic N) is 1. The lowest BCUT2D eigenvalue weighted by Crippen LogP contribution is -2.46. The highest BCUT2D eigenvalue weighted by Gasteiger charge is 2.33. The maximum Gasteiger partial charge on any atom is 0.311 e. The fourth-order valence-electron chi connectivity index (χ4n) is 1.97. The maximum atomic E-state index is 12.1. The summed E-state index contributed by atoms with van der Waals surface area (Å²) in [5.41, 5.74) is -1.10. The van der Waals surface area contributed by atoms with Crippen LogP contribution < -0.4 is 5.32 Å². The highest BCUT2D eigenvalue weighted by atomic mass is 16.6. The topological polar surface area (TPSA) is 102 Å². The summed E-state index contributed by atoms with van der Waals surface area (Å²) in [5.74, 6) is -1.17. The van der Waals surface area contributed by atoms with Crippen molar-refractivity contribution >= 4 is 11.6 Å². The van der Waals surface area contributed by atoms with Crippen LogP contribution in [0.1, 0.15) is 23.7 Å². The number of para-hydroxylation sites is 1. The Kier molecular flexibility index (Phi) is 3.39. The molecule has 0 spiro atoms. The van der Waals surface area contributed by atoms with Gasteiger partial charge in [0.05, 0.1) is 22.6 Å². The second kappa shape index (κ2) is 4.85. The summed E-state index contributed by atoms with van der Waals surface area (Å²) in [6.07, 6.45) is 0.661. The molecule has 7 heteroatoms. The van der Waals surface area contributed by atoms with Crippen molar-refractivity contribution < 1.29 is 19.6 Å². The van der Waals surface area contributed by atoms with E-state index in [4.69, 9.17) is 4.74 Å². The largest absolute Gasteiger partial charge is 0.502 e. The fourth-order valence-corrected chi connectivity index (χ4v) is 1.97. The molecule has 2 rings (SSSR count). The summed E-state index contributed by atoms with van der Waals surface area (Å²) in [6.45, 7) is 2.76. The SMILES string of the molecule is C[C@]1(NC(=O)c2cccc([N+](=O)[O-])c2O)CCOC1. The van der Waals surface area contributed by atoms with Gasteiger partial charge in [-0.3, -0.25) is 14.9 Å². The first-order valence-corrected chi connectivity index (χ1v) is 5.79. The Hall–Kier alpha value is -2.15. The predicted octanol–water partition coefficient (Wildman–Crippen LogP) is 1.21. The maximum absolute atomic E-state index is 12.1. The van der Waals surface area contributed by atoms with Gasteiger partial charge in [0.25, 0.3) is 5.91 Å². The number of amides is 1. The number of hydrogen-bond donors (Lipinski definition) is 2. The van der Waals surface area contributed by atoms with Gasteiger partial charge in [-0.05, 0) is 19.4 Å². The quantitative estimate of drug-likeness (QED) is 0.632. The number of rotatable bonds is 3. The molecule has 1 aromatic carbocycles. The molecule has 1 atom stereocenters. The minimum atomic E-state index is -0.730. The van der Waals surface area contributed by atoms with E-state index in [1.54, 1.807) is 0 Å². The van der Waals surface area contributed by atoms with Gasteiger partial charge in [0.2, 0.25) is 5.75 Å². The number of benzene rings is 1. The van der Waals surface area contributed by atoms with Crippen LogP contribution in [0.25, 0.3) is 0 Å². The molecule has 1 aliphatic rings. The van der Waals surface area contributed by atoms with Crippen LogP contribution in [0, 0.1) is 10.1 Å². The third-order valence-corrected chi connectivity index (χ3v) is 3.09. The number of carbonyl (C=O) groups excluding carboxylic acids is 1. The molecule has 19 heavy (non-hydrogen) atoms. The number of nitrogens with one attached hydrogen (secondary N) is 1. The molecule has 1 aliphatic heterocycles. The Bertz CT molecular complexity index is 523. The summed E-state index contributed by atoms with van der Waals surface area (Å²) >= 11 is 0. The molecule has 102 valence electrons. The lowest BCUT2D eigenvalue weighted by atomic mass is 10.0. The molecular formula is C12H14N2O5. The van der Waals surface area contributed by atoms with Gasteiger partial charge in [-0.1, -0.05) is 6.07 Å². The van der Waals surface area contributed by atoms with Crippen LogP contribution in [0.4, 0.5) is 5.69 Å². The Morgan fingerprint density at radius 2 is 2.32 bits per heavy atom. The molecule has 0 unspecified atom stereocenters. The number of phenols is 1. The van der Waals surface area contributed by atoms with E-state index in [9.17, 15) is 20.0 Å². The average molecular weight is 266 g/mol. The molecule has 0 radical (unpaired) electrons. The van der Waals surface area contributed by atoms with E-state index < -0.39 is 27.8 Å². The Labute approximate surface area is 109 Å². The van der Waals surface area contributed by atoms with Crippen LogP contribution in [0.5, 0.6) is 5.75 Å². The van der Waals surface area contributed by atoms with Gasteiger partial charge in [0, 0.05) is 12.7 Å². The monoisotopic (exact) mass is 266 g/mol.